The van der Waals surface area contributed by atoms with Crippen molar-refractivity contribution in [1.29, 1.82) is 0 Å². The molecule has 1 aliphatic heterocycles. The van der Waals surface area contributed by atoms with Gasteiger partial charge in [0.25, 0.3) is 5.91 Å². The fourth-order valence-corrected chi connectivity index (χ4v) is 5.52. The molecule has 6 nitrogen and oxygen atoms in total. The van der Waals surface area contributed by atoms with E-state index in [1.54, 1.807) is 24.4 Å². The number of likely N-dealkylation sites (tertiary alicyclic amines) is 1. The van der Waals surface area contributed by atoms with Crippen LogP contribution in [0.1, 0.15) is 54.6 Å². The van der Waals surface area contributed by atoms with Crippen LogP contribution >= 0.6 is 0 Å². The van der Waals surface area contributed by atoms with Gasteiger partial charge in [0, 0.05) is 37.8 Å². The highest BCUT2D eigenvalue weighted by Gasteiger charge is 2.49. The highest BCUT2D eigenvalue weighted by atomic mass is 16.2. The van der Waals surface area contributed by atoms with E-state index < -0.39 is 0 Å². The number of hydrogen-bond donors (Lipinski definition) is 1. The van der Waals surface area contributed by atoms with Crippen LogP contribution in [0.2, 0.25) is 0 Å². The van der Waals surface area contributed by atoms with Gasteiger partial charge < -0.3 is 10.2 Å². The Bertz CT molecular complexity index is 921. The van der Waals surface area contributed by atoms with Crippen LogP contribution in [0.25, 0.3) is 0 Å². The van der Waals surface area contributed by atoms with E-state index in [-0.39, 0.29) is 22.8 Å². The average Bonchev–Trinajstić information content (AvgIpc) is 3.13. The number of rotatable bonds is 7. The molecule has 2 aliphatic rings. The maximum Gasteiger partial charge on any atom is 0.269 e. The van der Waals surface area contributed by atoms with Crippen LogP contribution in [0.3, 0.4) is 0 Å². The van der Waals surface area contributed by atoms with Crippen molar-refractivity contribution in [3.05, 3.63) is 66.0 Å². The fraction of sp³-hybridized carbons (Fsp3) is 0.500. The number of pyridine rings is 1. The van der Waals surface area contributed by atoms with E-state index in [4.69, 9.17) is 0 Å². The monoisotopic (exact) mass is 434 g/mol. The second kappa shape index (κ2) is 9.41. The molecule has 2 amide bonds. The molecule has 32 heavy (non-hydrogen) atoms. The summed E-state index contributed by atoms with van der Waals surface area (Å²) in [5, 5.41) is 2.91. The molecule has 1 aromatic carbocycles. The first-order valence-corrected chi connectivity index (χ1v) is 11.6. The molecular formula is C26H34N4O2. The number of hydrogen-bond acceptors (Lipinski definition) is 4. The lowest BCUT2D eigenvalue weighted by Gasteiger charge is -2.48. The summed E-state index contributed by atoms with van der Waals surface area (Å²) in [6.07, 6.45) is 7.32. The summed E-state index contributed by atoms with van der Waals surface area (Å²) < 4.78 is 0. The van der Waals surface area contributed by atoms with Crippen molar-refractivity contribution in [2.24, 2.45) is 5.41 Å². The van der Waals surface area contributed by atoms with Crippen LogP contribution in [-0.4, -0.2) is 60.3 Å². The topological polar surface area (TPSA) is 65.5 Å². The Morgan fingerprint density at radius 1 is 1.06 bits per heavy atom. The Balaban J connectivity index is 1.29. The zero-order valence-corrected chi connectivity index (χ0v) is 19.2. The van der Waals surface area contributed by atoms with Crippen molar-refractivity contribution in [2.75, 3.05) is 33.7 Å². The van der Waals surface area contributed by atoms with Gasteiger partial charge in [0.15, 0.2) is 0 Å². The summed E-state index contributed by atoms with van der Waals surface area (Å²) in [7, 11) is 4.35. The number of carbonyl (C=O) groups excluding carboxylic acids is 2. The number of nitrogens with one attached hydrogen (secondary N) is 1. The molecule has 1 saturated carbocycles. The summed E-state index contributed by atoms with van der Waals surface area (Å²) in [6, 6.07) is 16.1. The molecule has 1 aromatic heterocycles. The Hall–Kier alpha value is -2.73. The predicted octanol–water partition coefficient (Wildman–Crippen LogP) is 3.45. The number of amides is 2. The van der Waals surface area contributed by atoms with E-state index in [0.29, 0.717) is 25.2 Å². The van der Waals surface area contributed by atoms with E-state index in [9.17, 15) is 9.59 Å². The second-order valence-electron chi connectivity index (χ2n) is 9.61. The summed E-state index contributed by atoms with van der Waals surface area (Å²) in [6.45, 7) is 2.09. The third kappa shape index (κ3) is 4.56. The third-order valence-corrected chi connectivity index (χ3v) is 7.50. The molecule has 2 heterocycles. The van der Waals surface area contributed by atoms with Crippen LogP contribution < -0.4 is 5.32 Å². The summed E-state index contributed by atoms with van der Waals surface area (Å²) >= 11 is 0. The van der Waals surface area contributed by atoms with E-state index in [2.05, 4.69) is 59.6 Å². The van der Waals surface area contributed by atoms with Crippen molar-refractivity contribution in [2.45, 2.75) is 44.1 Å². The summed E-state index contributed by atoms with van der Waals surface area (Å²) in [5.74, 6) is 0.0983. The van der Waals surface area contributed by atoms with Gasteiger partial charge in [-0.05, 0) is 69.3 Å². The van der Waals surface area contributed by atoms with Gasteiger partial charge in [-0.15, -0.1) is 0 Å². The van der Waals surface area contributed by atoms with Crippen LogP contribution in [-0.2, 0) is 10.3 Å². The molecule has 2 fully saturated rings. The van der Waals surface area contributed by atoms with E-state index in [0.717, 1.165) is 38.6 Å². The second-order valence-corrected chi connectivity index (χ2v) is 9.61. The SMILES string of the molecule is CN(C)[C@]1(c2ccccc2)CC[C@@]2(CC1)CC(=O)N(CCCNC(=O)c1ccccn1)C2. The van der Waals surface area contributed by atoms with E-state index in [1.165, 1.54) is 5.56 Å². The zero-order valence-electron chi connectivity index (χ0n) is 19.2. The van der Waals surface area contributed by atoms with Crippen molar-refractivity contribution >= 4 is 11.8 Å². The maximum absolute atomic E-state index is 12.8. The first-order valence-electron chi connectivity index (χ1n) is 11.6. The van der Waals surface area contributed by atoms with Gasteiger partial charge in [0.1, 0.15) is 5.69 Å². The largest absolute Gasteiger partial charge is 0.351 e. The van der Waals surface area contributed by atoms with Crippen LogP contribution in [0, 0.1) is 5.41 Å². The molecule has 2 aromatic rings. The standard InChI is InChI=1S/C26H34N4O2/c1-29(2)26(21-9-4-3-5-10-21)14-12-25(13-15-26)19-23(31)30(20-25)18-8-17-28-24(32)22-11-6-7-16-27-22/h3-7,9-11,16H,8,12-15,17-20H2,1-2H3,(H,28,32)/t25-,26-. The minimum Gasteiger partial charge on any atom is -0.351 e. The first-order chi connectivity index (χ1) is 15.4. The molecule has 0 unspecified atom stereocenters. The minimum absolute atomic E-state index is 0.0543. The summed E-state index contributed by atoms with van der Waals surface area (Å²) in [4.78, 5) is 33.4. The molecule has 0 atom stereocenters. The molecule has 1 saturated heterocycles. The van der Waals surface area contributed by atoms with Gasteiger partial charge in [-0.1, -0.05) is 36.4 Å². The Kier molecular flexibility index (Phi) is 6.60. The van der Waals surface area contributed by atoms with Crippen molar-refractivity contribution < 1.29 is 9.59 Å². The number of nitrogens with zero attached hydrogens (tertiary/aromatic N) is 3. The maximum atomic E-state index is 12.8. The van der Waals surface area contributed by atoms with Gasteiger partial charge >= 0.3 is 0 Å². The molecule has 0 bridgehead atoms. The van der Waals surface area contributed by atoms with Crippen molar-refractivity contribution in [1.82, 2.24) is 20.1 Å². The van der Waals surface area contributed by atoms with Gasteiger partial charge in [-0.25, -0.2) is 0 Å². The Labute approximate surface area is 191 Å². The van der Waals surface area contributed by atoms with E-state index in [1.807, 2.05) is 4.90 Å². The molecule has 1 spiro atoms. The fourth-order valence-electron chi connectivity index (χ4n) is 5.52. The number of benzene rings is 1. The van der Waals surface area contributed by atoms with Crippen molar-refractivity contribution in [3.8, 4) is 0 Å². The molecule has 6 heteroatoms. The highest BCUT2D eigenvalue weighted by Crippen LogP contribution is 2.52. The van der Waals surface area contributed by atoms with Crippen molar-refractivity contribution in [3.63, 3.8) is 0 Å². The van der Waals surface area contributed by atoms with Gasteiger partial charge in [-0.2, -0.15) is 0 Å². The van der Waals surface area contributed by atoms with Gasteiger partial charge in [0.05, 0.1) is 0 Å². The average molecular weight is 435 g/mol. The number of carbonyl (C=O) groups is 2. The molecule has 1 N–H and O–H groups in total. The lowest BCUT2D eigenvalue weighted by Crippen LogP contribution is -2.47. The smallest absolute Gasteiger partial charge is 0.269 e. The molecule has 4 rings (SSSR count). The lowest BCUT2D eigenvalue weighted by molar-refractivity contribution is -0.127. The molecule has 1 aliphatic carbocycles. The van der Waals surface area contributed by atoms with Crippen LogP contribution in [0.4, 0.5) is 0 Å². The lowest BCUT2D eigenvalue weighted by atomic mass is 9.64. The van der Waals surface area contributed by atoms with E-state index >= 15 is 0 Å². The highest BCUT2D eigenvalue weighted by molar-refractivity contribution is 5.92. The number of aromatic nitrogens is 1. The molecular weight excluding hydrogens is 400 g/mol. The zero-order chi connectivity index (χ0) is 22.6. The van der Waals surface area contributed by atoms with Gasteiger partial charge in [-0.3, -0.25) is 19.5 Å². The predicted molar refractivity (Wildman–Crippen MR) is 125 cm³/mol. The van der Waals surface area contributed by atoms with Gasteiger partial charge in [0.2, 0.25) is 5.91 Å². The summed E-state index contributed by atoms with van der Waals surface area (Å²) in [5.41, 5.74) is 1.96. The third-order valence-electron chi connectivity index (χ3n) is 7.50. The molecule has 170 valence electrons. The normalized spacial score (nSPS) is 25.5. The Morgan fingerprint density at radius 3 is 2.44 bits per heavy atom. The minimum atomic E-state index is -0.164. The van der Waals surface area contributed by atoms with Crippen LogP contribution in [0.15, 0.2) is 54.7 Å². The Morgan fingerprint density at radius 2 is 1.78 bits per heavy atom. The first kappa shape index (κ1) is 22.5. The molecule has 0 radical (unpaired) electrons. The quantitative estimate of drug-likeness (QED) is 0.678. The van der Waals surface area contributed by atoms with Crippen LogP contribution in [0.5, 0.6) is 0 Å².